The molecular formula is C25H25F3N8. The Morgan fingerprint density at radius 1 is 1.11 bits per heavy atom. The minimum absolute atomic E-state index is 0.0644. The smallest absolute Gasteiger partial charge is 0.349 e. The quantitative estimate of drug-likeness (QED) is 0.409. The van der Waals surface area contributed by atoms with Crippen molar-refractivity contribution < 1.29 is 13.2 Å². The molecule has 0 radical (unpaired) electrons. The maximum atomic E-state index is 13.0. The zero-order valence-electron chi connectivity index (χ0n) is 20.1. The third-order valence-corrected chi connectivity index (χ3v) is 7.05. The van der Waals surface area contributed by atoms with Crippen LogP contribution in [0.5, 0.6) is 0 Å². The van der Waals surface area contributed by atoms with Gasteiger partial charge in [-0.1, -0.05) is 19.1 Å². The molecule has 8 nitrogen and oxygen atoms in total. The first-order valence-electron chi connectivity index (χ1n) is 11.8. The second-order valence-electron chi connectivity index (χ2n) is 9.17. The fourth-order valence-electron chi connectivity index (χ4n) is 5.05. The van der Waals surface area contributed by atoms with Gasteiger partial charge in [-0.15, -0.1) is 10.2 Å². The van der Waals surface area contributed by atoms with Crippen LogP contribution in [0.25, 0.3) is 16.8 Å². The van der Waals surface area contributed by atoms with Gasteiger partial charge in [0.1, 0.15) is 23.6 Å². The number of aromatic nitrogens is 5. The number of hydrogen-bond donors (Lipinski definition) is 0. The highest BCUT2D eigenvalue weighted by atomic mass is 19.4. The number of fused-ring (bicyclic) bond motifs is 3. The number of anilines is 1. The SMILES string of the molecule is CC[C@H]1CN([C@@H](C)c2ccc(C(F)(F)F)cc2)[C@H](C)CN1c1nc2nncn2c2ccc(C#N)nc12. The second-order valence-corrected chi connectivity index (χ2v) is 9.17. The van der Waals surface area contributed by atoms with E-state index in [9.17, 15) is 18.4 Å². The summed E-state index contributed by atoms with van der Waals surface area (Å²) in [6.45, 7) is 7.55. The number of halogens is 3. The monoisotopic (exact) mass is 494 g/mol. The molecule has 0 aliphatic carbocycles. The van der Waals surface area contributed by atoms with Crippen LogP contribution < -0.4 is 4.90 Å². The van der Waals surface area contributed by atoms with E-state index in [2.05, 4.69) is 44.9 Å². The molecule has 3 aromatic heterocycles. The molecule has 4 aromatic rings. The Morgan fingerprint density at radius 2 is 1.86 bits per heavy atom. The third kappa shape index (κ3) is 4.11. The van der Waals surface area contributed by atoms with Crippen molar-refractivity contribution in [2.45, 2.75) is 51.5 Å². The highest BCUT2D eigenvalue weighted by Crippen LogP contribution is 2.35. The van der Waals surface area contributed by atoms with E-state index >= 15 is 0 Å². The molecule has 36 heavy (non-hydrogen) atoms. The molecule has 0 bridgehead atoms. The van der Waals surface area contributed by atoms with Gasteiger partial charge in [-0.25, -0.2) is 4.98 Å². The number of pyridine rings is 1. The molecule has 4 heterocycles. The number of hydrogen-bond acceptors (Lipinski definition) is 7. The Balaban J connectivity index is 1.49. The standard InChI is InChI=1S/C25H25F3N8/c1-4-20-13-34(16(3)17-5-7-18(8-6-17)25(26,27)28)15(2)12-35(20)23-22-21(10-9-19(11-29)31-22)36-14-30-33-24(36)32-23/h5-10,14-16,20H,4,12-13H2,1-3H3/t15-,16+,20+/m1/s1. The largest absolute Gasteiger partial charge is 0.416 e. The number of piperazine rings is 1. The summed E-state index contributed by atoms with van der Waals surface area (Å²) in [6, 6.07) is 11.1. The van der Waals surface area contributed by atoms with Gasteiger partial charge < -0.3 is 4.90 Å². The zero-order chi connectivity index (χ0) is 25.6. The van der Waals surface area contributed by atoms with E-state index in [1.54, 1.807) is 28.9 Å². The summed E-state index contributed by atoms with van der Waals surface area (Å²) in [4.78, 5) is 13.9. The first kappa shape index (κ1) is 23.9. The lowest BCUT2D eigenvalue weighted by molar-refractivity contribution is -0.137. The molecule has 1 aliphatic rings. The third-order valence-electron chi connectivity index (χ3n) is 7.05. The number of nitrogens with zero attached hydrogens (tertiary/aromatic N) is 8. The van der Waals surface area contributed by atoms with E-state index < -0.39 is 11.7 Å². The van der Waals surface area contributed by atoms with Crippen LogP contribution in [0.3, 0.4) is 0 Å². The molecule has 1 aromatic carbocycles. The summed E-state index contributed by atoms with van der Waals surface area (Å²) < 4.78 is 40.8. The van der Waals surface area contributed by atoms with Crippen molar-refractivity contribution in [1.29, 1.82) is 5.26 Å². The van der Waals surface area contributed by atoms with Crippen molar-refractivity contribution in [3.05, 3.63) is 59.5 Å². The highest BCUT2D eigenvalue weighted by Gasteiger charge is 2.36. The molecule has 186 valence electrons. The van der Waals surface area contributed by atoms with Crippen LogP contribution in [-0.4, -0.2) is 54.6 Å². The van der Waals surface area contributed by atoms with Gasteiger partial charge >= 0.3 is 6.18 Å². The van der Waals surface area contributed by atoms with Crippen molar-refractivity contribution in [3.8, 4) is 6.07 Å². The average Bonchev–Trinajstić information content (AvgIpc) is 3.36. The van der Waals surface area contributed by atoms with Gasteiger partial charge in [0.25, 0.3) is 5.78 Å². The molecule has 0 amide bonds. The highest BCUT2D eigenvalue weighted by molar-refractivity contribution is 5.88. The minimum Gasteiger partial charge on any atom is -0.349 e. The Labute approximate surface area is 206 Å². The predicted octanol–water partition coefficient (Wildman–Crippen LogP) is 4.61. The molecule has 0 N–H and O–H groups in total. The van der Waals surface area contributed by atoms with E-state index in [4.69, 9.17) is 4.98 Å². The van der Waals surface area contributed by atoms with Gasteiger partial charge in [0, 0.05) is 31.2 Å². The van der Waals surface area contributed by atoms with Crippen LogP contribution >= 0.6 is 0 Å². The molecular weight excluding hydrogens is 469 g/mol. The molecule has 3 atom stereocenters. The van der Waals surface area contributed by atoms with Crippen LogP contribution in [0.15, 0.2) is 42.7 Å². The molecule has 0 saturated carbocycles. The van der Waals surface area contributed by atoms with Crippen LogP contribution in [0.1, 0.15) is 50.1 Å². The van der Waals surface area contributed by atoms with Crippen LogP contribution in [0, 0.1) is 11.3 Å². The first-order chi connectivity index (χ1) is 17.2. The maximum absolute atomic E-state index is 13.0. The van der Waals surface area contributed by atoms with Gasteiger partial charge in [0.05, 0.1) is 11.1 Å². The predicted molar refractivity (Wildman–Crippen MR) is 128 cm³/mol. The Hall–Kier alpha value is -3.78. The van der Waals surface area contributed by atoms with Crippen molar-refractivity contribution in [2.24, 2.45) is 0 Å². The summed E-state index contributed by atoms with van der Waals surface area (Å²) in [5, 5.41) is 17.6. The van der Waals surface area contributed by atoms with E-state index in [1.165, 1.54) is 0 Å². The topological polar surface area (TPSA) is 86.2 Å². The fourth-order valence-corrected chi connectivity index (χ4v) is 5.05. The molecule has 1 fully saturated rings. The van der Waals surface area contributed by atoms with Crippen LogP contribution in [-0.2, 0) is 6.18 Å². The molecule has 0 unspecified atom stereocenters. The average molecular weight is 495 g/mol. The van der Waals surface area contributed by atoms with Gasteiger partial charge in [-0.2, -0.15) is 23.4 Å². The Bertz CT molecular complexity index is 1440. The van der Waals surface area contributed by atoms with E-state index in [0.717, 1.165) is 29.6 Å². The zero-order valence-corrected chi connectivity index (χ0v) is 20.1. The van der Waals surface area contributed by atoms with Crippen molar-refractivity contribution in [1.82, 2.24) is 29.5 Å². The van der Waals surface area contributed by atoms with E-state index in [0.29, 0.717) is 35.9 Å². The second kappa shape index (κ2) is 9.02. The molecule has 0 spiro atoms. The number of nitriles is 1. The van der Waals surface area contributed by atoms with Crippen LogP contribution in [0.4, 0.5) is 19.0 Å². The summed E-state index contributed by atoms with van der Waals surface area (Å²) in [5.74, 6) is 1.11. The summed E-state index contributed by atoms with van der Waals surface area (Å²) in [7, 11) is 0. The van der Waals surface area contributed by atoms with Crippen molar-refractivity contribution in [3.63, 3.8) is 0 Å². The Morgan fingerprint density at radius 3 is 2.53 bits per heavy atom. The van der Waals surface area contributed by atoms with Gasteiger partial charge in [0.2, 0.25) is 0 Å². The summed E-state index contributed by atoms with van der Waals surface area (Å²) >= 11 is 0. The molecule has 1 saturated heterocycles. The van der Waals surface area contributed by atoms with Crippen LogP contribution in [0.2, 0.25) is 0 Å². The lowest BCUT2D eigenvalue weighted by atomic mass is 9.98. The van der Waals surface area contributed by atoms with Gasteiger partial charge in [-0.3, -0.25) is 9.30 Å². The van der Waals surface area contributed by atoms with E-state index in [1.807, 2.05) is 13.0 Å². The van der Waals surface area contributed by atoms with E-state index in [-0.39, 0.29) is 18.1 Å². The van der Waals surface area contributed by atoms with Crippen molar-refractivity contribution in [2.75, 3.05) is 18.0 Å². The molecule has 1 aliphatic heterocycles. The molecule has 5 rings (SSSR count). The normalized spacial score (nSPS) is 20.1. The number of alkyl halides is 3. The van der Waals surface area contributed by atoms with Crippen molar-refractivity contribution >= 4 is 22.6 Å². The lowest BCUT2D eigenvalue weighted by Gasteiger charge is -2.48. The number of benzene rings is 1. The Kier molecular flexibility index (Phi) is 6.00. The summed E-state index contributed by atoms with van der Waals surface area (Å²) in [5.41, 5.74) is 1.87. The maximum Gasteiger partial charge on any atom is 0.416 e. The lowest BCUT2D eigenvalue weighted by Crippen LogP contribution is -2.58. The summed E-state index contributed by atoms with van der Waals surface area (Å²) in [6.07, 6.45) is -1.96. The fraction of sp³-hybridized carbons (Fsp3) is 0.400. The van der Waals surface area contributed by atoms with Gasteiger partial charge in [0.15, 0.2) is 5.82 Å². The van der Waals surface area contributed by atoms with Gasteiger partial charge in [-0.05, 0) is 50.1 Å². The number of rotatable bonds is 4. The minimum atomic E-state index is -4.35. The molecule has 11 heteroatoms. The first-order valence-corrected chi connectivity index (χ1v) is 11.8.